The number of likely N-dealkylation sites (tertiary alicyclic amines) is 1. The maximum atomic E-state index is 12.9. The van der Waals surface area contributed by atoms with Crippen molar-refractivity contribution in [1.29, 1.82) is 0 Å². The van der Waals surface area contributed by atoms with Crippen LogP contribution in [0, 0.1) is 0 Å². The predicted octanol–water partition coefficient (Wildman–Crippen LogP) is 5.38. The molecule has 0 radical (unpaired) electrons. The maximum Gasteiger partial charge on any atom is 0.336 e. The van der Waals surface area contributed by atoms with Gasteiger partial charge in [0.25, 0.3) is 0 Å². The fourth-order valence-corrected chi connectivity index (χ4v) is 5.99. The van der Waals surface area contributed by atoms with Crippen LogP contribution in [0.25, 0.3) is 10.9 Å². The van der Waals surface area contributed by atoms with E-state index in [1.165, 1.54) is 48.0 Å². The zero-order valence-electron chi connectivity index (χ0n) is 18.8. The Hall–Kier alpha value is -1.72. The quantitative estimate of drug-likeness (QED) is 0.668. The largest absolute Gasteiger partial charge is 0.336 e. The first-order chi connectivity index (χ1) is 14.5. The van der Waals surface area contributed by atoms with Gasteiger partial charge in [-0.3, -0.25) is 9.58 Å². The van der Waals surface area contributed by atoms with Crippen molar-refractivity contribution in [1.82, 2.24) is 14.5 Å². The second-order valence-electron chi connectivity index (χ2n) is 8.65. The van der Waals surface area contributed by atoms with Crippen LogP contribution in [-0.4, -0.2) is 52.7 Å². The number of hydrogen-bond acceptors (Lipinski definition) is 2. The molecule has 1 N–H and O–H groups in total. The van der Waals surface area contributed by atoms with Gasteiger partial charge in [-0.25, -0.2) is 10.2 Å². The number of urea groups is 1. The van der Waals surface area contributed by atoms with Crippen LogP contribution in [0.2, 0.25) is 5.02 Å². The lowest BCUT2D eigenvalue weighted by atomic mass is 9.74. The van der Waals surface area contributed by atoms with Crippen molar-refractivity contribution in [2.45, 2.75) is 71.8 Å². The number of halogens is 1. The molecule has 2 amide bonds. The van der Waals surface area contributed by atoms with E-state index in [1.807, 2.05) is 29.5 Å². The standard InChI is InChI=1S/C24H35ClN4O/c1-5-11-28-12-9-10-17-18-13-16(25)14-22-23(18)19(15-21(17)28)20(6-2)29(22)26-24(30)27(7-3)8-4/h13-14,17,21H,5-12,15H2,1-4H3,(H,26,30)/t17-,21-/m1/s1. The summed E-state index contributed by atoms with van der Waals surface area (Å²) >= 11 is 6.64. The summed E-state index contributed by atoms with van der Waals surface area (Å²) < 4.78 is 2.03. The number of fused-ring (bicyclic) bond motifs is 2. The number of benzene rings is 1. The van der Waals surface area contributed by atoms with Crippen LogP contribution in [-0.2, 0) is 12.8 Å². The Kier molecular flexibility index (Phi) is 6.31. The summed E-state index contributed by atoms with van der Waals surface area (Å²) in [5, 5.41) is 2.09. The van der Waals surface area contributed by atoms with E-state index in [-0.39, 0.29) is 6.03 Å². The summed E-state index contributed by atoms with van der Waals surface area (Å²) in [4.78, 5) is 17.4. The van der Waals surface area contributed by atoms with E-state index in [9.17, 15) is 4.79 Å². The molecule has 30 heavy (non-hydrogen) atoms. The Morgan fingerprint density at radius 1 is 1.23 bits per heavy atom. The van der Waals surface area contributed by atoms with E-state index in [2.05, 4.69) is 30.2 Å². The monoisotopic (exact) mass is 430 g/mol. The molecule has 1 aromatic heterocycles. The number of carbonyl (C=O) groups excluding carboxylic acids is 1. The average molecular weight is 431 g/mol. The Labute approximate surface area is 185 Å². The molecule has 164 valence electrons. The summed E-state index contributed by atoms with van der Waals surface area (Å²) in [6.45, 7) is 12.2. The van der Waals surface area contributed by atoms with Gasteiger partial charge in [-0.15, -0.1) is 0 Å². The van der Waals surface area contributed by atoms with Gasteiger partial charge in [-0.2, -0.15) is 0 Å². The van der Waals surface area contributed by atoms with Gasteiger partial charge in [-0.1, -0.05) is 25.4 Å². The predicted molar refractivity (Wildman–Crippen MR) is 125 cm³/mol. The third kappa shape index (κ3) is 3.50. The van der Waals surface area contributed by atoms with Gasteiger partial charge in [-0.05, 0) is 82.3 Å². The molecule has 0 saturated carbocycles. The Morgan fingerprint density at radius 2 is 2.00 bits per heavy atom. The SMILES string of the molecule is CCCN1CCC[C@@H]2c3cc(Cl)cc4c3c(c(CC)n4NC(=O)N(CC)CC)C[C@H]21. The van der Waals surface area contributed by atoms with Crippen LogP contribution < -0.4 is 5.43 Å². The number of carbonyl (C=O) groups is 1. The number of rotatable bonds is 6. The van der Waals surface area contributed by atoms with E-state index < -0.39 is 0 Å². The molecular weight excluding hydrogens is 396 g/mol. The molecule has 4 rings (SSSR count). The van der Waals surface area contributed by atoms with Crippen LogP contribution in [0.15, 0.2) is 12.1 Å². The molecule has 0 unspecified atom stereocenters. The molecule has 0 bridgehead atoms. The minimum Gasteiger partial charge on any atom is -0.324 e. The minimum absolute atomic E-state index is 0.0519. The molecule has 2 aromatic rings. The van der Waals surface area contributed by atoms with Gasteiger partial charge in [0.05, 0.1) is 5.52 Å². The molecule has 5 nitrogen and oxygen atoms in total. The lowest BCUT2D eigenvalue weighted by Gasteiger charge is -2.44. The van der Waals surface area contributed by atoms with Crippen molar-refractivity contribution in [3.05, 3.63) is 34.0 Å². The Balaban J connectivity index is 1.85. The Morgan fingerprint density at radius 3 is 2.67 bits per heavy atom. The highest BCUT2D eigenvalue weighted by molar-refractivity contribution is 6.31. The van der Waals surface area contributed by atoms with Crippen molar-refractivity contribution in [2.75, 3.05) is 31.6 Å². The van der Waals surface area contributed by atoms with E-state index in [4.69, 9.17) is 11.6 Å². The van der Waals surface area contributed by atoms with Gasteiger partial charge in [0.2, 0.25) is 0 Å². The Bertz CT molecular complexity index is 931. The van der Waals surface area contributed by atoms with Crippen LogP contribution in [0.1, 0.15) is 69.7 Å². The van der Waals surface area contributed by atoms with E-state index in [1.54, 1.807) is 0 Å². The molecule has 1 fully saturated rings. The van der Waals surface area contributed by atoms with E-state index in [0.717, 1.165) is 29.9 Å². The van der Waals surface area contributed by atoms with Crippen molar-refractivity contribution < 1.29 is 4.79 Å². The lowest BCUT2D eigenvalue weighted by Crippen LogP contribution is -2.47. The summed E-state index contributed by atoms with van der Waals surface area (Å²) in [5.41, 5.74) is 8.25. The van der Waals surface area contributed by atoms with E-state index >= 15 is 0 Å². The first kappa shape index (κ1) is 21.5. The van der Waals surface area contributed by atoms with Gasteiger partial charge < -0.3 is 4.90 Å². The molecule has 1 aliphatic heterocycles. The van der Waals surface area contributed by atoms with Crippen LogP contribution in [0.3, 0.4) is 0 Å². The highest BCUT2D eigenvalue weighted by Gasteiger charge is 2.39. The zero-order valence-corrected chi connectivity index (χ0v) is 19.6. The van der Waals surface area contributed by atoms with Crippen LogP contribution >= 0.6 is 11.6 Å². The lowest BCUT2D eigenvalue weighted by molar-refractivity contribution is 0.124. The number of hydrogen-bond donors (Lipinski definition) is 1. The number of piperidine rings is 1. The molecule has 2 heterocycles. The van der Waals surface area contributed by atoms with Gasteiger partial charge in [0.15, 0.2) is 0 Å². The average Bonchev–Trinajstić information content (AvgIpc) is 3.02. The third-order valence-corrected chi connectivity index (χ3v) is 7.30. The smallest absolute Gasteiger partial charge is 0.324 e. The van der Waals surface area contributed by atoms with Gasteiger partial charge in [0, 0.05) is 41.2 Å². The fraction of sp³-hybridized carbons (Fsp3) is 0.625. The summed E-state index contributed by atoms with van der Waals surface area (Å²) in [7, 11) is 0. The molecule has 2 aliphatic rings. The number of nitrogens with zero attached hydrogens (tertiary/aromatic N) is 3. The van der Waals surface area contributed by atoms with Crippen molar-refractivity contribution in [3.8, 4) is 0 Å². The number of nitrogens with one attached hydrogen (secondary N) is 1. The van der Waals surface area contributed by atoms with E-state index in [0.29, 0.717) is 25.0 Å². The molecule has 1 aliphatic carbocycles. The fourth-order valence-electron chi connectivity index (χ4n) is 5.77. The normalized spacial score (nSPS) is 21.0. The second-order valence-corrected chi connectivity index (χ2v) is 9.09. The van der Waals surface area contributed by atoms with Crippen LogP contribution in [0.4, 0.5) is 4.79 Å². The second kappa shape index (κ2) is 8.80. The molecule has 2 atom stereocenters. The summed E-state index contributed by atoms with van der Waals surface area (Å²) in [5.74, 6) is 0.526. The summed E-state index contributed by atoms with van der Waals surface area (Å²) in [6, 6.07) is 4.70. The van der Waals surface area contributed by atoms with Gasteiger partial charge in [0.1, 0.15) is 0 Å². The minimum atomic E-state index is -0.0519. The highest BCUT2D eigenvalue weighted by atomic mass is 35.5. The molecular formula is C24H35ClN4O. The topological polar surface area (TPSA) is 40.5 Å². The molecule has 0 spiro atoms. The highest BCUT2D eigenvalue weighted by Crippen LogP contribution is 2.46. The number of amides is 2. The third-order valence-electron chi connectivity index (χ3n) is 7.08. The first-order valence-electron chi connectivity index (χ1n) is 11.7. The number of aromatic nitrogens is 1. The van der Waals surface area contributed by atoms with Crippen molar-refractivity contribution in [3.63, 3.8) is 0 Å². The zero-order chi connectivity index (χ0) is 21.4. The van der Waals surface area contributed by atoms with Crippen LogP contribution in [0.5, 0.6) is 0 Å². The van der Waals surface area contributed by atoms with Crippen molar-refractivity contribution in [2.24, 2.45) is 0 Å². The summed E-state index contributed by atoms with van der Waals surface area (Å²) in [6.07, 6.45) is 5.59. The molecule has 6 heteroatoms. The molecule has 1 aromatic carbocycles. The molecule has 1 saturated heterocycles. The maximum absolute atomic E-state index is 12.9. The van der Waals surface area contributed by atoms with Crippen molar-refractivity contribution >= 4 is 28.5 Å². The first-order valence-corrected chi connectivity index (χ1v) is 12.1. The van der Waals surface area contributed by atoms with Gasteiger partial charge >= 0.3 is 6.03 Å².